The molecule has 0 aliphatic rings. The zero-order valence-electron chi connectivity index (χ0n) is 10.6. The van der Waals surface area contributed by atoms with Crippen molar-refractivity contribution < 1.29 is 4.79 Å². The van der Waals surface area contributed by atoms with Crippen LogP contribution in [0.25, 0.3) is 0 Å². The Labute approximate surface area is 114 Å². The van der Waals surface area contributed by atoms with Gasteiger partial charge in [-0.1, -0.05) is 11.3 Å². The number of hydrogen-bond acceptors (Lipinski definition) is 6. The van der Waals surface area contributed by atoms with E-state index in [4.69, 9.17) is 5.73 Å². The van der Waals surface area contributed by atoms with Gasteiger partial charge in [0.2, 0.25) is 11.0 Å². The summed E-state index contributed by atoms with van der Waals surface area (Å²) in [6.45, 7) is 2.41. The first-order valence-corrected chi connectivity index (χ1v) is 6.83. The average Bonchev–Trinajstić information content (AvgIpc) is 3.05. The van der Waals surface area contributed by atoms with E-state index in [0.29, 0.717) is 11.7 Å². The predicted octanol–water partition coefficient (Wildman–Crippen LogP) is 0.627. The van der Waals surface area contributed by atoms with Crippen LogP contribution in [0.3, 0.4) is 0 Å². The predicted molar refractivity (Wildman–Crippen MR) is 72.6 cm³/mol. The van der Waals surface area contributed by atoms with E-state index in [2.05, 4.69) is 20.6 Å². The average molecular weight is 280 g/mol. The van der Waals surface area contributed by atoms with Crippen molar-refractivity contribution >= 4 is 22.4 Å². The third-order valence-electron chi connectivity index (χ3n) is 2.65. The molecular formula is C11H16N6OS. The zero-order valence-corrected chi connectivity index (χ0v) is 11.4. The molecule has 0 bridgehead atoms. The number of aromatic nitrogens is 4. The molecule has 102 valence electrons. The number of carbonyl (C=O) groups excluding carboxylic acids is 1. The lowest BCUT2D eigenvalue weighted by Crippen LogP contribution is -2.32. The van der Waals surface area contributed by atoms with Crippen LogP contribution in [0.15, 0.2) is 18.5 Å². The smallest absolute Gasteiger partial charge is 0.244 e. The summed E-state index contributed by atoms with van der Waals surface area (Å²) in [7, 11) is 0. The van der Waals surface area contributed by atoms with E-state index in [1.54, 1.807) is 23.1 Å². The summed E-state index contributed by atoms with van der Waals surface area (Å²) >= 11 is 1.38. The van der Waals surface area contributed by atoms with Crippen molar-refractivity contribution in [3.8, 4) is 0 Å². The van der Waals surface area contributed by atoms with E-state index < -0.39 is 0 Å². The maximum atomic E-state index is 11.8. The molecule has 2 aromatic rings. The lowest BCUT2D eigenvalue weighted by atomic mass is 10.3. The Morgan fingerprint density at radius 1 is 1.58 bits per heavy atom. The number of carbonyl (C=O) groups is 1. The van der Waals surface area contributed by atoms with Crippen LogP contribution in [0.2, 0.25) is 0 Å². The van der Waals surface area contributed by atoms with Crippen LogP contribution >= 0.6 is 11.3 Å². The van der Waals surface area contributed by atoms with E-state index in [0.717, 1.165) is 17.8 Å². The largest absolute Gasteiger partial charge is 0.374 e. The molecule has 19 heavy (non-hydrogen) atoms. The van der Waals surface area contributed by atoms with Gasteiger partial charge in [-0.05, 0) is 19.4 Å². The Morgan fingerprint density at radius 2 is 2.42 bits per heavy atom. The standard InChI is InChI=1S/C11H16N6OS/c1-8(17-7-3-6-14-17)10(18)13-5-2-4-9-15-16-11(12)19-9/h3,6-8H,2,4-5H2,1H3,(H2,12,16)(H,13,18)/t8-/m0/s1. The Kier molecular flexibility index (Phi) is 4.45. The second kappa shape index (κ2) is 6.28. The minimum absolute atomic E-state index is 0.0412. The molecule has 0 saturated carbocycles. The van der Waals surface area contributed by atoms with Gasteiger partial charge in [-0.2, -0.15) is 5.10 Å². The topological polar surface area (TPSA) is 98.7 Å². The van der Waals surface area contributed by atoms with Crippen LogP contribution in [0.4, 0.5) is 5.13 Å². The van der Waals surface area contributed by atoms with Crippen molar-refractivity contribution in [1.82, 2.24) is 25.3 Å². The number of amides is 1. The minimum atomic E-state index is -0.299. The fraction of sp³-hybridized carbons (Fsp3) is 0.455. The van der Waals surface area contributed by atoms with Crippen molar-refractivity contribution in [1.29, 1.82) is 0 Å². The van der Waals surface area contributed by atoms with E-state index in [1.165, 1.54) is 11.3 Å². The first kappa shape index (κ1) is 13.5. The third kappa shape index (κ3) is 3.75. The fourth-order valence-electron chi connectivity index (χ4n) is 1.60. The van der Waals surface area contributed by atoms with Gasteiger partial charge in [0.25, 0.3) is 0 Å². The Bertz CT molecular complexity index is 523. The van der Waals surface area contributed by atoms with Crippen molar-refractivity contribution in [3.05, 3.63) is 23.5 Å². The molecule has 2 heterocycles. The SMILES string of the molecule is C[C@@H](C(=O)NCCCc1nnc(N)s1)n1cccn1. The van der Waals surface area contributed by atoms with E-state index in [-0.39, 0.29) is 11.9 Å². The van der Waals surface area contributed by atoms with Gasteiger partial charge in [-0.15, -0.1) is 10.2 Å². The molecule has 0 aliphatic heterocycles. The van der Waals surface area contributed by atoms with Crippen LogP contribution in [0.5, 0.6) is 0 Å². The number of anilines is 1. The number of hydrogen-bond donors (Lipinski definition) is 2. The number of nitrogens with two attached hydrogens (primary N) is 1. The summed E-state index contributed by atoms with van der Waals surface area (Å²) in [6.07, 6.45) is 5.01. The highest BCUT2D eigenvalue weighted by atomic mass is 32.1. The molecule has 0 spiro atoms. The molecule has 1 atom stereocenters. The maximum absolute atomic E-state index is 11.8. The van der Waals surface area contributed by atoms with Crippen molar-refractivity contribution in [3.63, 3.8) is 0 Å². The lowest BCUT2D eigenvalue weighted by molar-refractivity contribution is -0.124. The molecule has 0 aromatic carbocycles. The van der Waals surface area contributed by atoms with Crippen molar-refractivity contribution in [2.75, 3.05) is 12.3 Å². The quantitative estimate of drug-likeness (QED) is 0.756. The molecule has 0 saturated heterocycles. The summed E-state index contributed by atoms with van der Waals surface area (Å²) in [5, 5.41) is 16.0. The molecule has 8 heteroatoms. The Morgan fingerprint density at radius 3 is 3.05 bits per heavy atom. The number of nitrogen functional groups attached to an aromatic ring is 1. The number of aryl methyl sites for hydroxylation is 1. The van der Waals surface area contributed by atoms with E-state index in [1.807, 2.05) is 6.92 Å². The number of nitrogens with one attached hydrogen (secondary N) is 1. The van der Waals surface area contributed by atoms with Crippen molar-refractivity contribution in [2.45, 2.75) is 25.8 Å². The summed E-state index contributed by atoms with van der Waals surface area (Å²) in [4.78, 5) is 11.8. The molecule has 2 rings (SSSR count). The Balaban J connectivity index is 1.69. The van der Waals surface area contributed by atoms with Gasteiger partial charge >= 0.3 is 0 Å². The molecule has 0 unspecified atom stereocenters. The monoisotopic (exact) mass is 280 g/mol. The van der Waals surface area contributed by atoms with Crippen LogP contribution in [-0.2, 0) is 11.2 Å². The normalized spacial score (nSPS) is 12.3. The molecule has 3 N–H and O–H groups in total. The summed E-state index contributed by atoms with van der Waals surface area (Å²) < 4.78 is 1.63. The summed E-state index contributed by atoms with van der Waals surface area (Å²) in [5.41, 5.74) is 5.49. The first-order valence-electron chi connectivity index (χ1n) is 6.01. The van der Waals surface area contributed by atoms with E-state index >= 15 is 0 Å². The third-order valence-corrected chi connectivity index (χ3v) is 3.46. The van der Waals surface area contributed by atoms with Crippen LogP contribution < -0.4 is 11.1 Å². The lowest BCUT2D eigenvalue weighted by Gasteiger charge is -2.12. The summed E-state index contributed by atoms with van der Waals surface area (Å²) in [5.74, 6) is -0.0412. The number of rotatable bonds is 6. The molecule has 0 aliphatic carbocycles. The van der Waals surface area contributed by atoms with Gasteiger partial charge < -0.3 is 11.1 Å². The van der Waals surface area contributed by atoms with Gasteiger partial charge in [0.15, 0.2) is 0 Å². The van der Waals surface area contributed by atoms with Crippen molar-refractivity contribution in [2.24, 2.45) is 0 Å². The molecule has 7 nitrogen and oxygen atoms in total. The van der Waals surface area contributed by atoms with Crippen LogP contribution in [0.1, 0.15) is 24.4 Å². The van der Waals surface area contributed by atoms with Gasteiger partial charge in [-0.25, -0.2) is 0 Å². The van der Waals surface area contributed by atoms with Crippen LogP contribution in [0, 0.1) is 0 Å². The number of nitrogens with zero attached hydrogens (tertiary/aromatic N) is 4. The Hall–Kier alpha value is -1.96. The highest BCUT2D eigenvalue weighted by molar-refractivity contribution is 7.15. The molecular weight excluding hydrogens is 264 g/mol. The van der Waals surface area contributed by atoms with Gasteiger partial charge in [-0.3, -0.25) is 9.48 Å². The van der Waals surface area contributed by atoms with Gasteiger partial charge in [0.05, 0.1) is 0 Å². The fourth-order valence-corrected chi connectivity index (χ4v) is 2.25. The highest BCUT2D eigenvalue weighted by Crippen LogP contribution is 2.12. The van der Waals surface area contributed by atoms with Gasteiger partial charge in [0.1, 0.15) is 11.0 Å². The van der Waals surface area contributed by atoms with E-state index in [9.17, 15) is 4.79 Å². The molecule has 1 amide bonds. The summed E-state index contributed by atoms with van der Waals surface area (Å²) in [6, 6.07) is 1.50. The van der Waals surface area contributed by atoms with Crippen LogP contribution in [-0.4, -0.2) is 32.4 Å². The molecule has 0 fully saturated rings. The maximum Gasteiger partial charge on any atom is 0.244 e. The van der Waals surface area contributed by atoms with Gasteiger partial charge in [0, 0.05) is 25.4 Å². The zero-order chi connectivity index (χ0) is 13.7. The molecule has 2 aromatic heterocycles. The second-order valence-electron chi connectivity index (χ2n) is 4.09. The minimum Gasteiger partial charge on any atom is -0.374 e. The molecule has 0 radical (unpaired) electrons. The highest BCUT2D eigenvalue weighted by Gasteiger charge is 2.13. The second-order valence-corrected chi connectivity index (χ2v) is 5.18. The first-order chi connectivity index (χ1) is 9.16.